The van der Waals surface area contributed by atoms with Crippen molar-refractivity contribution in [1.82, 2.24) is 29.7 Å². The third kappa shape index (κ3) is 3.16. The Hall–Kier alpha value is -3.49. The Kier molecular flexibility index (Phi) is 4.19. The van der Waals surface area contributed by atoms with Crippen molar-refractivity contribution in [2.24, 2.45) is 0 Å². The third-order valence-corrected chi connectivity index (χ3v) is 5.68. The van der Waals surface area contributed by atoms with Gasteiger partial charge in [0, 0.05) is 65.5 Å². The Bertz CT molecular complexity index is 1250. The number of fused-ring (bicyclic) bond motifs is 2. The molecule has 0 saturated heterocycles. The van der Waals surface area contributed by atoms with E-state index in [0.717, 1.165) is 29.4 Å². The molecule has 0 bridgehead atoms. The van der Waals surface area contributed by atoms with E-state index in [2.05, 4.69) is 37.5 Å². The number of carbonyl (C=O) groups excluding carboxylic acids is 1. The van der Waals surface area contributed by atoms with Crippen molar-refractivity contribution in [2.45, 2.75) is 44.7 Å². The summed E-state index contributed by atoms with van der Waals surface area (Å²) in [5.41, 5.74) is 2.34. The highest BCUT2D eigenvalue weighted by atomic mass is 19.1. The first-order valence-corrected chi connectivity index (χ1v) is 9.98. The summed E-state index contributed by atoms with van der Waals surface area (Å²) in [5.74, 6) is 0.216. The molecule has 4 heterocycles. The van der Waals surface area contributed by atoms with E-state index in [1.165, 1.54) is 6.07 Å². The van der Waals surface area contributed by atoms with Gasteiger partial charge in [0.15, 0.2) is 11.5 Å². The van der Waals surface area contributed by atoms with Crippen molar-refractivity contribution < 1.29 is 9.18 Å². The molecule has 1 amide bonds. The molecular weight excluding hydrogens is 385 g/mol. The van der Waals surface area contributed by atoms with Gasteiger partial charge in [-0.2, -0.15) is 4.98 Å². The summed E-state index contributed by atoms with van der Waals surface area (Å²) in [5, 5.41) is 7.20. The van der Waals surface area contributed by atoms with Gasteiger partial charge in [-0.15, -0.1) is 0 Å². The van der Waals surface area contributed by atoms with E-state index in [-0.39, 0.29) is 23.3 Å². The molecule has 5 rings (SSSR count). The molecule has 0 atom stereocenters. The number of aromatic nitrogens is 5. The summed E-state index contributed by atoms with van der Waals surface area (Å²) in [6.45, 7) is 3.90. The molecule has 1 aliphatic rings. The van der Waals surface area contributed by atoms with Crippen molar-refractivity contribution in [3.8, 4) is 11.1 Å². The van der Waals surface area contributed by atoms with Crippen molar-refractivity contribution in [3.05, 3.63) is 42.9 Å². The highest BCUT2D eigenvalue weighted by molar-refractivity contribution is 5.93. The number of anilines is 1. The smallest absolute Gasteiger partial charge is 0.224 e. The molecule has 0 spiro atoms. The highest BCUT2D eigenvalue weighted by Crippen LogP contribution is 2.34. The Morgan fingerprint density at radius 3 is 3.03 bits per heavy atom. The Morgan fingerprint density at radius 2 is 2.23 bits per heavy atom. The molecule has 30 heavy (non-hydrogen) atoms. The van der Waals surface area contributed by atoms with Crippen molar-refractivity contribution in [3.63, 3.8) is 0 Å². The molecule has 9 heteroatoms. The number of halogens is 1. The summed E-state index contributed by atoms with van der Waals surface area (Å²) < 4.78 is 16.0. The van der Waals surface area contributed by atoms with Gasteiger partial charge in [0.1, 0.15) is 5.65 Å². The van der Waals surface area contributed by atoms with Crippen LogP contribution in [0.2, 0.25) is 0 Å². The number of imidazole rings is 1. The molecule has 8 nitrogen and oxygen atoms in total. The van der Waals surface area contributed by atoms with Crippen molar-refractivity contribution >= 4 is 28.5 Å². The minimum absolute atomic E-state index is 0.0675. The number of hydrogen-bond acceptors (Lipinski definition) is 5. The summed E-state index contributed by atoms with van der Waals surface area (Å²) in [7, 11) is 0. The zero-order valence-electron chi connectivity index (χ0n) is 16.7. The van der Waals surface area contributed by atoms with Crippen LogP contribution in [0.25, 0.3) is 27.8 Å². The molecule has 0 aliphatic heterocycles. The Labute approximate surface area is 171 Å². The second-order valence-corrected chi connectivity index (χ2v) is 8.10. The van der Waals surface area contributed by atoms with Crippen molar-refractivity contribution in [2.75, 3.05) is 5.32 Å². The van der Waals surface area contributed by atoms with Gasteiger partial charge in [0.05, 0.1) is 0 Å². The zero-order valence-corrected chi connectivity index (χ0v) is 16.7. The lowest BCUT2D eigenvalue weighted by molar-refractivity contribution is -0.123. The van der Waals surface area contributed by atoms with Crippen molar-refractivity contribution in [1.29, 1.82) is 0 Å². The first-order valence-electron chi connectivity index (χ1n) is 9.98. The molecule has 3 N–H and O–H groups in total. The van der Waals surface area contributed by atoms with E-state index >= 15 is 0 Å². The third-order valence-electron chi connectivity index (χ3n) is 5.68. The minimum atomic E-state index is -0.380. The number of aromatic amines is 1. The number of rotatable bonds is 5. The van der Waals surface area contributed by atoms with E-state index < -0.39 is 0 Å². The second-order valence-electron chi connectivity index (χ2n) is 8.10. The van der Waals surface area contributed by atoms with Crippen LogP contribution >= 0.6 is 0 Å². The predicted molar refractivity (Wildman–Crippen MR) is 112 cm³/mol. The van der Waals surface area contributed by atoms with Gasteiger partial charge in [0.2, 0.25) is 11.9 Å². The lowest BCUT2D eigenvalue weighted by Crippen LogP contribution is -2.59. The largest absolute Gasteiger partial charge is 0.351 e. The molecule has 0 aromatic carbocycles. The van der Waals surface area contributed by atoms with Crippen LogP contribution in [0.15, 0.2) is 37.1 Å². The molecule has 4 aromatic heterocycles. The fourth-order valence-electron chi connectivity index (χ4n) is 4.19. The van der Waals surface area contributed by atoms with Gasteiger partial charge >= 0.3 is 0 Å². The molecule has 4 aromatic rings. The number of H-pyrrole nitrogens is 1. The quantitative estimate of drug-likeness (QED) is 0.471. The summed E-state index contributed by atoms with van der Waals surface area (Å²) >= 11 is 0. The van der Waals surface area contributed by atoms with Gasteiger partial charge in [-0.1, -0.05) is 6.92 Å². The predicted octanol–water partition coefficient (Wildman–Crippen LogP) is 3.27. The van der Waals surface area contributed by atoms with Crippen LogP contribution in [0.1, 0.15) is 33.1 Å². The van der Waals surface area contributed by atoms with Gasteiger partial charge < -0.3 is 20.0 Å². The topological polar surface area (TPSA) is 100 Å². The van der Waals surface area contributed by atoms with E-state index in [0.29, 0.717) is 23.7 Å². The van der Waals surface area contributed by atoms with Gasteiger partial charge in [-0.25, -0.2) is 14.4 Å². The number of carbonyl (C=O) groups is 1. The molecule has 1 aliphatic carbocycles. The number of nitrogens with one attached hydrogen (secondary N) is 3. The zero-order chi connectivity index (χ0) is 20.9. The van der Waals surface area contributed by atoms with Crippen LogP contribution in [0.5, 0.6) is 0 Å². The molecule has 154 valence electrons. The molecule has 0 radical (unpaired) electrons. The normalized spacial score (nSPS) is 21.0. The first-order chi connectivity index (χ1) is 14.4. The fraction of sp³-hybridized carbons (Fsp3) is 0.333. The Balaban J connectivity index is 1.35. The molecular formula is C21H22FN7O. The van der Waals surface area contributed by atoms with Crippen LogP contribution in [0, 0.1) is 5.82 Å². The SMILES string of the molecule is CCC(=O)N[C@]1(C)C[C@H](Nc2ncc3c(-c4cc(F)c5nccn5c4)c[nH]c3n2)C1. The monoisotopic (exact) mass is 407 g/mol. The minimum Gasteiger partial charge on any atom is -0.351 e. The lowest BCUT2D eigenvalue weighted by Gasteiger charge is -2.45. The van der Waals surface area contributed by atoms with E-state index in [4.69, 9.17) is 0 Å². The van der Waals surface area contributed by atoms with Crippen LogP contribution in [-0.4, -0.2) is 41.8 Å². The Morgan fingerprint density at radius 1 is 1.40 bits per heavy atom. The number of amides is 1. The maximum Gasteiger partial charge on any atom is 0.224 e. The standard InChI is InChI=1S/C21H22FN7O/c1-3-17(30)28-21(2)7-13(8-21)26-20-25-10-15-14(9-24-18(15)27-20)12-6-16(22)19-23-4-5-29(19)11-12/h4-6,9-11,13H,3,7-8H2,1-2H3,(H,28,30)(H2,24,25,26,27)/t13-,21+. The summed E-state index contributed by atoms with van der Waals surface area (Å²) in [6, 6.07) is 1.67. The number of nitrogens with zero attached hydrogens (tertiary/aromatic N) is 4. The van der Waals surface area contributed by atoms with E-state index in [9.17, 15) is 9.18 Å². The second kappa shape index (κ2) is 6.79. The van der Waals surface area contributed by atoms with E-state index in [1.807, 2.05) is 13.1 Å². The average Bonchev–Trinajstić information content (AvgIpc) is 3.33. The average molecular weight is 407 g/mol. The number of hydrogen-bond donors (Lipinski definition) is 3. The first kappa shape index (κ1) is 18.5. The van der Waals surface area contributed by atoms with Crippen LogP contribution in [0.3, 0.4) is 0 Å². The van der Waals surface area contributed by atoms with Gasteiger partial charge in [-0.05, 0) is 25.8 Å². The highest BCUT2D eigenvalue weighted by Gasteiger charge is 2.41. The fourth-order valence-corrected chi connectivity index (χ4v) is 4.19. The van der Waals surface area contributed by atoms with Crippen LogP contribution in [-0.2, 0) is 4.79 Å². The van der Waals surface area contributed by atoms with Crippen LogP contribution in [0.4, 0.5) is 10.3 Å². The number of pyridine rings is 1. The molecule has 1 saturated carbocycles. The van der Waals surface area contributed by atoms with Gasteiger partial charge in [0.25, 0.3) is 0 Å². The molecule has 1 fully saturated rings. The maximum absolute atomic E-state index is 14.3. The maximum atomic E-state index is 14.3. The van der Waals surface area contributed by atoms with Crippen LogP contribution < -0.4 is 10.6 Å². The summed E-state index contributed by atoms with van der Waals surface area (Å²) in [4.78, 5) is 27.8. The van der Waals surface area contributed by atoms with Gasteiger partial charge in [-0.3, -0.25) is 4.79 Å². The lowest BCUT2D eigenvalue weighted by atomic mass is 9.74. The molecule has 0 unspecified atom stereocenters. The van der Waals surface area contributed by atoms with E-state index in [1.54, 1.807) is 29.2 Å². The summed E-state index contributed by atoms with van der Waals surface area (Å²) in [6.07, 6.45) is 10.8.